The molecule has 1 fully saturated rings. The van der Waals surface area contributed by atoms with Crippen LogP contribution >= 0.6 is 23.1 Å². The maximum absolute atomic E-state index is 12.1. The normalized spacial score (nSPS) is 18.6. The molecule has 0 N–H and O–H groups in total. The quantitative estimate of drug-likeness (QED) is 0.752. The van der Waals surface area contributed by atoms with E-state index in [0.717, 1.165) is 28.3 Å². The van der Waals surface area contributed by atoms with E-state index < -0.39 is 0 Å². The molecule has 3 nitrogen and oxygen atoms in total. The topological polar surface area (TPSA) is 53.8 Å². The summed E-state index contributed by atoms with van der Waals surface area (Å²) in [6.07, 6.45) is 4.32. The summed E-state index contributed by atoms with van der Waals surface area (Å²) in [4.78, 5) is 17.6. The maximum Gasteiger partial charge on any atom is 0.140 e. The highest BCUT2D eigenvalue weighted by molar-refractivity contribution is 8.02. The number of thioether (sulfide) groups is 1. The van der Waals surface area contributed by atoms with E-state index in [-0.39, 0.29) is 11.7 Å². The number of carbonyl (C=O) groups is 1. The smallest absolute Gasteiger partial charge is 0.140 e. The molecule has 0 amide bonds. The van der Waals surface area contributed by atoms with Crippen LogP contribution in [0.1, 0.15) is 25.0 Å². The highest BCUT2D eigenvalue weighted by atomic mass is 32.2. The number of ketones is 1. The lowest BCUT2D eigenvalue weighted by Crippen LogP contribution is -2.09. The lowest BCUT2D eigenvalue weighted by atomic mass is 10.0. The number of benzene rings is 1. The molecule has 0 bridgehead atoms. The van der Waals surface area contributed by atoms with E-state index in [9.17, 15) is 10.1 Å². The number of allylic oxidation sites excluding steroid dienone is 2. The number of hydrogen-bond acceptors (Lipinski definition) is 5. The van der Waals surface area contributed by atoms with Gasteiger partial charge in [0.05, 0.1) is 17.2 Å². The number of nitriles is 1. The largest absolute Gasteiger partial charge is 0.299 e. The van der Waals surface area contributed by atoms with Gasteiger partial charge >= 0.3 is 0 Å². The van der Waals surface area contributed by atoms with Crippen molar-refractivity contribution in [2.75, 3.05) is 6.26 Å². The van der Waals surface area contributed by atoms with Crippen molar-refractivity contribution in [3.8, 4) is 16.6 Å². The van der Waals surface area contributed by atoms with Gasteiger partial charge < -0.3 is 0 Å². The molecule has 3 rings (SSSR count). The first-order valence-electron chi connectivity index (χ1n) is 7.47. The van der Waals surface area contributed by atoms with Crippen LogP contribution in [0, 0.1) is 17.2 Å². The van der Waals surface area contributed by atoms with Crippen molar-refractivity contribution in [1.82, 2.24) is 4.98 Å². The summed E-state index contributed by atoms with van der Waals surface area (Å²) >= 11 is 3.03. The number of rotatable bonds is 4. The minimum atomic E-state index is -0.124. The number of hydrogen-bond donors (Lipinski definition) is 0. The maximum atomic E-state index is 12.1. The van der Waals surface area contributed by atoms with Crippen molar-refractivity contribution in [3.63, 3.8) is 0 Å². The molecule has 1 atom stereocenters. The Labute approximate surface area is 144 Å². The molecule has 5 heteroatoms. The third-order valence-corrected chi connectivity index (χ3v) is 5.80. The number of Topliss-reactive ketones (excluding diaryl/α,β-unsaturated/α-hetero) is 1. The second-order valence-corrected chi connectivity index (χ2v) is 7.08. The first-order chi connectivity index (χ1) is 11.2. The lowest BCUT2D eigenvalue weighted by Gasteiger charge is -2.12. The number of carbonyl (C=O) groups excluding carboxylic acids is 1. The van der Waals surface area contributed by atoms with Gasteiger partial charge in [-0.3, -0.25) is 4.79 Å². The van der Waals surface area contributed by atoms with Crippen LogP contribution in [-0.2, 0) is 4.79 Å². The second kappa shape index (κ2) is 7.12. The van der Waals surface area contributed by atoms with Gasteiger partial charge in [0.1, 0.15) is 16.9 Å². The second-order valence-electron chi connectivity index (χ2n) is 5.37. The average molecular weight is 340 g/mol. The van der Waals surface area contributed by atoms with Gasteiger partial charge in [-0.05, 0) is 19.1 Å². The molecule has 0 aliphatic heterocycles. The van der Waals surface area contributed by atoms with Gasteiger partial charge in [-0.25, -0.2) is 4.98 Å². The zero-order valence-electron chi connectivity index (χ0n) is 12.8. The molecule has 0 saturated heterocycles. The van der Waals surface area contributed by atoms with Gasteiger partial charge in [0.2, 0.25) is 0 Å². The Bertz CT molecular complexity index is 787. The van der Waals surface area contributed by atoms with Crippen molar-refractivity contribution in [1.29, 1.82) is 5.26 Å². The van der Waals surface area contributed by atoms with Crippen LogP contribution in [0.2, 0.25) is 0 Å². The van der Waals surface area contributed by atoms with Crippen LogP contribution in [0.25, 0.3) is 16.1 Å². The summed E-state index contributed by atoms with van der Waals surface area (Å²) in [5.41, 5.74) is 2.28. The van der Waals surface area contributed by atoms with Crippen molar-refractivity contribution >= 4 is 34.5 Å². The van der Waals surface area contributed by atoms with E-state index in [1.54, 1.807) is 0 Å². The van der Waals surface area contributed by atoms with Crippen molar-refractivity contribution in [2.24, 2.45) is 5.92 Å². The van der Waals surface area contributed by atoms with E-state index in [4.69, 9.17) is 0 Å². The highest BCUT2D eigenvalue weighted by Gasteiger charge is 2.30. The predicted molar refractivity (Wildman–Crippen MR) is 95.9 cm³/mol. The fourth-order valence-electron chi connectivity index (χ4n) is 2.85. The van der Waals surface area contributed by atoms with Gasteiger partial charge in [-0.15, -0.1) is 23.1 Å². The van der Waals surface area contributed by atoms with E-state index in [1.807, 2.05) is 42.0 Å². The summed E-state index contributed by atoms with van der Waals surface area (Å²) in [6, 6.07) is 12.2. The van der Waals surface area contributed by atoms with E-state index in [2.05, 4.69) is 11.1 Å². The van der Waals surface area contributed by atoms with Gasteiger partial charge in [0.15, 0.2) is 0 Å². The fraction of sp³-hybridized carbons (Fsp3) is 0.278. The molecular formula is C18H16N2OS2. The predicted octanol–water partition coefficient (Wildman–Crippen LogP) is 4.78. The third-order valence-electron chi connectivity index (χ3n) is 3.98. The van der Waals surface area contributed by atoms with Crippen LogP contribution in [0.5, 0.6) is 0 Å². The average Bonchev–Trinajstić information content (AvgIpc) is 3.23. The Morgan fingerprint density at radius 1 is 1.39 bits per heavy atom. The SMILES string of the molecule is CS/C(=C(\C#N)c1csc(-c2ccccc2)n1)C1CCCC1=O. The van der Waals surface area contributed by atoms with E-state index in [1.165, 1.54) is 23.1 Å². The molecule has 1 heterocycles. The van der Waals surface area contributed by atoms with Gasteiger partial charge in [-0.2, -0.15) is 5.26 Å². The Morgan fingerprint density at radius 3 is 2.78 bits per heavy atom. The molecule has 1 unspecified atom stereocenters. The molecule has 1 aliphatic rings. The zero-order chi connectivity index (χ0) is 16.2. The number of aromatic nitrogens is 1. The van der Waals surface area contributed by atoms with Crippen LogP contribution in [0.3, 0.4) is 0 Å². The van der Waals surface area contributed by atoms with Gasteiger partial charge in [-0.1, -0.05) is 30.3 Å². The van der Waals surface area contributed by atoms with Crippen molar-refractivity contribution in [2.45, 2.75) is 19.3 Å². The molecule has 2 aromatic rings. The first kappa shape index (κ1) is 16.0. The summed E-state index contributed by atoms with van der Waals surface area (Å²) in [6.45, 7) is 0. The van der Waals surface area contributed by atoms with Crippen molar-refractivity contribution < 1.29 is 4.79 Å². The molecule has 1 aromatic heterocycles. The molecule has 0 spiro atoms. The first-order valence-corrected chi connectivity index (χ1v) is 9.57. The van der Waals surface area contributed by atoms with Crippen LogP contribution in [-0.4, -0.2) is 17.0 Å². The molecule has 1 saturated carbocycles. The minimum absolute atomic E-state index is 0.124. The molecular weight excluding hydrogens is 324 g/mol. The summed E-state index contributed by atoms with van der Waals surface area (Å²) < 4.78 is 0. The van der Waals surface area contributed by atoms with Gasteiger partial charge in [0.25, 0.3) is 0 Å². The Morgan fingerprint density at radius 2 is 2.17 bits per heavy atom. The molecule has 23 heavy (non-hydrogen) atoms. The van der Waals surface area contributed by atoms with Crippen LogP contribution in [0.15, 0.2) is 40.6 Å². The highest BCUT2D eigenvalue weighted by Crippen LogP contribution is 2.39. The standard InChI is InChI=1S/C18H16N2OS2/c1-22-17(13-8-5-9-16(13)21)14(10-19)15-11-23-18(20-15)12-6-3-2-4-7-12/h2-4,6-7,11,13H,5,8-9H2,1H3/b17-14+. The van der Waals surface area contributed by atoms with Crippen molar-refractivity contribution in [3.05, 3.63) is 46.3 Å². The molecule has 116 valence electrons. The Balaban J connectivity index is 2.01. The fourth-order valence-corrected chi connectivity index (χ4v) is 4.56. The molecule has 1 aromatic carbocycles. The monoisotopic (exact) mass is 340 g/mol. The van der Waals surface area contributed by atoms with Crippen LogP contribution < -0.4 is 0 Å². The van der Waals surface area contributed by atoms with E-state index in [0.29, 0.717) is 17.7 Å². The Hall–Kier alpha value is -1.90. The summed E-state index contributed by atoms with van der Waals surface area (Å²) in [5, 5.41) is 12.4. The number of nitrogens with zero attached hydrogens (tertiary/aromatic N) is 2. The zero-order valence-corrected chi connectivity index (χ0v) is 14.4. The minimum Gasteiger partial charge on any atom is -0.299 e. The van der Waals surface area contributed by atoms with Crippen LogP contribution in [0.4, 0.5) is 0 Å². The van der Waals surface area contributed by atoms with E-state index >= 15 is 0 Å². The third kappa shape index (κ3) is 3.24. The van der Waals surface area contributed by atoms with Gasteiger partial charge in [0, 0.05) is 22.3 Å². The summed E-state index contributed by atoms with van der Waals surface area (Å²) in [7, 11) is 0. The number of thiazole rings is 1. The molecule has 1 aliphatic carbocycles. The Kier molecular flexibility index (Phi) is 4.94. The summed E-state index contributed by atoms with van der Waals surface area (Å²) in [5.74, 6) is 0.127. The molecule has 0 radical (unpaired) electrons. The lowest BCUT2D eigenvalue weighted by molar-refractivity contribution is -0.119.